The molecule has 1 rings (SSSR count). The van der Waals surface area contributed by atoms with Crippen molar-refractivity contribution in [1.29, 1.82) is 0 Å². The van der Waals surface area contributed by atoms with Gasteiger partial charge in [0.25, 0.3) is 0 Å². The maximum Gasteiger partial charge on any atom is 0.0713 e. The van der Waals surface area contributed by atoms with Crippen LogP contribution in [0.5, 0.6) is 0 Å². The van der Waals surface area contributed by atoms with E-state index in [0.717, 1.165) is 5.92 Å². The van der Waals surface area contributed by atoms with Gasteiger partial charge in [0.2, 0.25) is 0 Å². The summed E-state index contributed by atoms with van der Waals surface area (Å²) in [5.41, 5.74) is 0.469. The first-order chi connectivity index (χ1) is 6.99. The third kappa shape index (κ3) is 3.24. The minimum absolute atomic E-state index is 0.283. The molecule has 1 aliphatic rings. The molecule has 0 spiro atoms. The maximum atomic E-state index is 5.52. The minimum atomic E-state index is 0.283. The third-order valence-corrected chi connectivity index (χ3v) is 3.96. The Bertz CT molecular complexity index is 223. The summed E-state index contributed by atoms with van der Waals surface area (Å²) in [4.78, 5) is 0. The van der Waals surface area contributed by atoms with E-state index < -0.39 is 0 Å². The molecule has 1 atom stereocenters. The Kier molecular flexibility index (Phi) is 4.22. The van der Waals surface area contributed by atoms with Gasteiger partial charge in [0.15, 0.2) is 0 Å². The number of hydrogen-bond acceptors (Lipinski definition) is 1. The van der Waals surface area contributed by atoms with Crippen molar-refractivity contribution in [3.05, 3.63) is 0 Å². The molecule has 0 aromatic heterocycles. The average molecular weight is 207 g/mol. The normalized spacial score (nSPS) is 29.5. The lowest BCUT2D eigenvalue weighted by atomic mass is 9.68. The van der Waals surface area contributed by atoms with Crippen LogP contribution in [0.15, 0.2) is 0 Å². The standard InChI is InChI=1S/C14H25N/c1-6-13(15-5)11-7-9-12(10-8-11)14(2,3)4/h1,11-13,15H,7-10H2,2-5H3. The van der Waals surface area contributed by atoms with Crippen molar-refractivity contribution in [3.8, 4) is 12.3 Å². The molecule has 1 N–H and O–H groups in total. The Balaban J connectivity index is 2.46. The van der Waals surface area contributed by atoms with Crippen LogP contribution in [0.2, 0.25) is 0 Å². The molecule has 86 valence electrons. The monoisotopic (exact) mass is 207 g/mol. The summed E-state index contributed by atoms with van der Waals surface area (Å²) in [5, 5.41) is 3.24. The maximum absolute atomic E-state index is 5.52. The topological polar surface area (TPSA) is 12.0 Å². The second kappa shape index (κ2) is 5.03. The van der Waals surface area contributed by atoms with E-state index in [1.807, 2.05) is 7.05 Å². The molecule has 0 bridgehead atoms. The zero-order valence-electron chi connectivity index (χ0n) is 10.6. The van der Waals surface area contributed by atoms with Crippen LogP contribution in [0.4, 0.5) is 0 Å². The van der Waals surface area contributed by atoms with E-state index in [4.69, 9.17) is 6.42 Å². The van der Waals surface area contributed by atoms with E-state index >= 15 is 0 Å². The smallest absolute Gasteiger partial charge is 0.0713 e. The quantitative estimate of drug-likeness (QED) is 0.686. The SMILES string of the molecule is C#CC(NC)C1CCC(C(C)(C)C)CC1. The van der Waals surface area contributed by atoms with Crippen LogP contribution in [0, 0.1) is 29.6 Å². The van der Waals surface area contributed by atoms with Crippen LogP contribution in [0.1, 0.15) is 46.5 Å². The van der Waals surface area contributed by atoms with Crippen LogP contribution in [0.25, 0.3) is 0 Å². The molecule has 0 aliphatic heterocycles. The highest BCUT2D eigenvalue weighted by Gasteiger charge is 2.31. The van der Waals surface area contributed by atoms with Crippen LogP contribution >= 0.6 is 0 Å². The summed E-state index contributed by atoms with van der Waals surface area (Å²) in [6.07, 6.45) is 10.8. The molecule has 0 amide bonds. The first kappa shape index (κ1) is 12.6. The van der Waals surface area contributed by atoms with Gasteiger partial charge in [-0.2, -0.15) is 0 Å². The van der Waals surface area contributed by atoms with E-state index in [0.29, 0.717) is 11.3 Å². The summed E-state index contributed by atoms with van der Waals surface area (Å²) < 4.78 is 0. The first-order valence-electron chi connectivity index (χ1n) is 6.12. The second-order valence-corrected chi connectivity index (χ2v) is 5.91. The van der Waals surface area contributed by atoms with E-state index in [1.54, 1.807) is 0 Å². The molecule has 0 saturated heterocycles. The van der Waals surface area contributed by atoms with E-state index in [-0.39, 0.29) is 6.04 Å². The lowest BCUT2D eigenvalue weighted by Gasteiger charge is -2.38. The lowest BCUT2D eigenvalue weighted by molar-refractivity contribution is 0.142. The lowest BCUT2D eigenvalue weighted by Crippen LogP contribution is -2.36. The highest BCUT2D eigenvalue weighted by molar-refractivity contribution is 5.02. The van der Waals surface area contributed by atoms with Gasteiger partial charge in [-0.1, -0.05) is 26.7 Å². The summed E-state index contributed by atoms with van der Waals surface area (Å²) in [6, 6.07) is 0.283. The molecular weight excluding hydrogens is 182 g/mol. The average Bonchev–Trinajstić information content (AvgIpc) is 2.19. The highest BCUT2D eigenvalue weighted by atomic mass is 14.9. The Morgan fingerprint density at radius 1 is 1.20 bits per heavy atom. The molecule has 1 heteroatoms. The Morgan fingerprint density at radius 2 is 1.73 bits per heavy atom. The van der Waals surface area contributed by atoms with Crippen LogP contribution < -0.4 is 5.32 Å². The molecule has 1 saturated carbocycles. The van der Waals surface area contributed by atoms with Crippen LogP contribution in [0.3, 0.4) is 0 Å². The van der Waals surface area contributed by atoms with Gasteiger partial charge in [0.1, 0.15) is 0 Å². The second-order valence-electron chi connectivity index (χ2n) is 5.91. The van der Waals surface area contributed by atoms with E-state index in [1.165, 1.54) is 25.7 Å². The number of terminal acetylenes is 1. The fraction of sp³-hybridized carbons (Fsp3) is 0.857. The van der Waals surface area contributed by atoms with Gasteiger partial charge in [-0.25, -0.2) is 0 Å². The third-order valence-electron chi connectivity index (χ3n) is 3.96. The molecule has 1 unspecified atom stereocenters. The van der Waals surface area contributed by atoms with Gasteiger partial charge in [-0.3, -0.25) is 0 Å². The Labute approximate surface area is 95.0 Å². The van der Waals surface area contributed by atoms with Gasteiger partial charge >= 0.3 is 0 Å². The predicted octanol–water partition coefficient (Wildman–Crippen LogP) is 3.06. The van der Waals surface area contributed by atoms with Crippen molar-refractivity contribution in [2.24, 2.45) is 17.3 Å². The van der Waals surface area contributed by atoms with Crippen molar-refractivity contribution in [2.75, 3.05) is 7.05 Å². The van der Waals surface area contributed by atoms with Gasteiger partial charge in [-0.15, -0.1) is 6.42 Å². The van der Waals surface area contributed by atoms with Crippen molar-refractivity contribution < 1.29 is 0 Å². The fourth-order valence-corrected chi connectivity index (χ4v) is 2.77. The molecule has 0 aromatic rings. The number of hydrogen-bond donors (Lipinski definition) is 1. The predicted molar refractivity (Wildman–Crippen MR) is 66.6 cm³/mol. The molecule has 1 aliphatic carbocycles. The first-order valence-corrected chi connectivity index (χ1v) is 6.12. The molecule has 0 heterocycles. The minimum Gasteiger partial charge on any atom is -0.307 e. The number of nitrogens with one attached hydrogen (secondary N) is 1. The molecule has 1 fully saturated rings. The largest absolute Gasteiger partial charge is 0.307 e. The molecule has 0 aromatic carbocycles. The van der Waals surface area contributed by atoms with Gasteiger partial charge in [-0.05, 0) is 50.0 Å². The van der Waals surface area contributed by atoms with Crippen molar-refractivity contribution in [1.82, 2.24) is 5.32 Å². The summed E-state index contributed by atoms with van der Waals surface area (Å²) in [6.45, 7) is 7.07. The highest BCUT2D eigenvalue weighted by Crippen LogP contribution is 2.40. The van der Waals surface area contributed by atoms with Crippen molar-refractivity contribution in [2.45, 2.75) is 52.5 Å². The van der Waals surface area contributed by atoms with Crippen molar-refractivity contribution in [3.63, 3.8) is 0 Å². The van der Waals surface area contributed by atoms with Gasteiger partial charge < -0.3 is 5.32 Å². The zero-order chi connectivity index (χ0) is 11.5. The molecule has 15 heavy (non-hydrogen) atoms. The van der Waals surface area contributed by atoms with Gasteiger partial charge in [0, 0.05) is 0 Å². The zero-order valence-corrected chi connectivity index (χ0v) is 10.6. The fourth-order valence-electron chi connectivity index (χ4n) is 2.77. The molecular formula is C14H25N. The van der Waals surface area contributed by atoms with Crippen LogP contribution in [-0.4, -0.2) is 13.1 Å². The summed E-state index contributed by atoms with van der Waals surface area (Å²) in [5.74, 6) is 4.44. The van der Waals surface area contributed by atoms with E-state index in [2.05, 4.69) is 32.0 Å². The number of rotatable bonds is 2. The van der Waals surface area contributed by atoms with Crippen molar-refractivity contribution >= 4 is 0 Å². The summed E-state index contributed by atoms with van der Waals surface area (Å²) in [7, 11) is 1.97. The van der Waals surface area contributed by atoms with Crippen LogP contribution in [-0.2, 0) is 0 Å². The molecule has 1 nitrogen and oxygen atoms in total. The Hall–Kier alpha value is -0.480. The van der Waals surface area contributed by atoms with Gasteiger partial charge in [0.05, 0.1) is 6.04 Å². The molecule has 0 radical (unpaired) electrons. The summed E-state index contributed by atoms with van der Waals surface area (Å²) >= 11 is 0. The van der Waals surface area contributed by atoms with E-state index in [9.17, 15) is 0 Å². The Morgan fingerprint density at radius 3 is 2.07 bits per heavy atom.